The first-order valence-electron chi connectivity index (χ1n) is 4.52. The van der Waals surface area contributed by atoms with Gasteiger partial charge in [0.25, 0.3) is 0 Å². The average Bonchev–Trinajstić information content (AvgIpc) is 2.21. The van der Waals surface area contributed by atoms with Crippen molar-refractivity contribution >= 4 is 5.69 Å². The number of nitrogens with one attached hydrogen (secondary N) is 1. The van der Waals surface area contributed by atoms with E-state index >= 15 is 0 Å². The third kappa shape index (κ3) is 3.26. The summed E-state index contributed by atoms with van der Waals surface area (Å²) in [5.41, 5.74) is 1.78. The van der Waals surface area contributed by atoms with Crippen LogP contribution >= 0.6 is 0 Å². The average molecular weight is 213 g/mol. The highest BCUT2D eigenvalue weighted by atomic mass is 16.8. The van der Waals surface area contributed by atoms with Crippen LogP contribution in [0.1, 0.15) is 11.1 Å². The van der Waals surface area contributed by atoms with Gasteiger partial charge in [-0.1, -0.05) is 12.1 Å². The van der Waals surface area contributed by atoms with Gasteiger partial charge in [-0.2, -0.15) is 5.23 Å². The number of rotatable bonds is 5. The first-order chi connectivity index (χ1) is 7.19. The van der Waals surface area contributed by atoms with Crippen LogP contribution in [0.25, 0.3) is 0 Å². The molecule has 0 amide bonds. The van der Waals surface area contributed by atoms with Crippen LogP contribution in [0.15, 0.2) is 18.2 Å². The first kappa shape index (κ1) is 12.1. The minimum absolute atomic E-state index is 0.270. The molecule has 0 aliphatic heterocycles. The highest BCUT2D eigenvalue weighted by Gasteiger charge is 2.09. The van der Waals surface area contributed by atoms with Gasteiger partial charge in [-0.25, -0.2) is 5.21 Å². The molecule has 0 aliphatic carbocycles. The predicted molar refractivity (Wildman–Crippen MR) is 53.6 cm³/mol. The second-order valence-corrected chi connectivity index (χ2v) is 3.16. The fourth-order valence-corrected chi connectivity index (χ4v) is 1.36. The van der Waals surface area contributed by atoms with Crippen LogP contribution in [0, 0.1) is 5.21 Å². The number of ether oxygens (including phenoxy) is 2. The molecule has 1 aromatic carbocycles. The van der Waals surface area contributed by atoms with Gasteiger partial charge in [-0.15, -0.1) is 0 Å². The molecule has 5 heteroatoms. The van der Waals surface area contributed by atoms with E-state index in [4.69, 9.17) is 14.7 Å². The van der Waals surface area contributed by atoms with Crippen molar-refractivity contribution in [3.63, 3.8) is 0 Å². The summed E-state index contributed by atoms with van der Waals surface area (Å²) in [6.45, 7) is 0.711. The molecule has 0 spiro atoms. The van der Waals surface area contributed by atoms with Gasteiger partial charge in [0, 0.05) is 25.8 Å². The number of benzene rings is 1. The summed E-state index contributed by atoms with van der Waals surface area (Å²) in [6.07, 6.45) is 0. The lowest BCUT2D eigenvalue weighted by Gasteiger charge is -2.16. The van der Waals surface area contributed by atoms with Gasteiger partial charge in [0.2, 0.25) is 0 Å². The maximum absolute atomic E-state index is 11.0. The lowest BCUT2D eigenvalue weighted by molar-refractivity contribution is -0.991. The monoisotopic (exact) mass is 213 g/mol. The van der Waals surface area contributed by atoms with E-state index in [1.165, 1.54) is 7.11 Å². The highest BCUT2D eigenvalue weighted by Crippen LogP contribution is 2.15. The number of hydrogen-bond donors (Lipinski definition) is 2. The summed E-state index contributed by atoms with van der Waals surface area (Å²) >= 11 is 0. The number of quaternary nitrogens is 1. The fraction of sp³-hybridized carbons (Fsp3) is 0.400. The van der Waals surface area contributed by atoms with Gasteiger partial charge in [0.1, 0.15) is 0 Å². The smallest absolute Gasteiger partial charge is 0.169 e. The number of hydrogen-bond acceptors (Lipinski definition) is 4. The largest absolute Gasteiger partial charge is 0.595 e. The van der Waals surface area contributed by atoms with E-state index in [-0.39, 0.29) is 5.69 Å². The molecule has 0 aromatic heterocycles. The maximum Gasteiger partial charge on any atom is 0.169 e. The standard InChI is InChI=1S/C10H15NO4/c1-14-6-8-3-4-9(7-15-2)10(5-8)11(12)13/h3-5,11-12H,6-7H2,1-2H3. The molecule has 2 N–H and O–H groups in total. The minimum Gasteiger partial charge on any atom is -0.595 e. The highest BCUT2D eigenvalue weighted by molar-refractivity contribution is 5.42. The zero-order valence-corrected chi connectivity index (χ0v) is 8.82. The topological polar surface area (TPSA) is 66.2 Å². The molecule has 5 nitrogen and oxygen atoms in total. The van der Waals surface area contributed by atoms with Crippen LogP contribution in [-0.4, -0.2) is 19.4 Å². The summed E-state index contributed by atoms with van der Waals surface area (Å²) in [7, 11) is 3.11. The van der Waals surface area contributed by atoms with E-state index in [1.54, 1.807) is 19.2 Å². The van der Waals surface area contributed by atoms with E-state index in [1.807, 2.05) is 6.07 Å². The van der Waals surface area contributed by atoms with Gasteiger partial charge in [-0.05, 0) is 5.56 Å². The van der Waals surface area contributed by atoms with E-state index in [2.05, 4.69) is 0 Å². The summed E-state index contributed by atoms with van der Waals surface area (Å²) in [4.78, 5) is 0. The Kier molecular flexibility index (Phi) is 4.67. The molecule has 84 valence electrons. The Balaban J connectivity index is 2.97. The third-order valence-electron chi connectivity index (χ3n) is 2.02. The summed E-state index contributed by atoms with van der Waals surface area (Å²) in [6, 6.07) is 5.20. The van der Waals surface area contributed by atoms with Crippen molar-refractivity contribution in [3.05, 3.63) is 34.5 Å². The summed E-state index contributed by atoms with van der Waals surface area (Å²) in [5.74, 6) is 0. The molecule has 0 saturated heterocycles. The van der Waals surface area contributed by atoms with Gasteiger partial charge >= 0.3 is 0 Å². The van der Waals surface area contributed by atoms with Crippen LogP contribution in [0.4, 0.5) is 5.69 Å². The van der Waals surface area contributed by atoms with Crippen LogP contribution in [0.2, 0.25) is 0 Å². The second kappa shape index (κ2) is 5.79. The van der Waals surface area contributed by atoms with Crippen LogP contribution in [0.3, 0.4) is 0 Å². The van der Waals surface area contributed by atoms with Crippen LogP contribution in [0.5, 0.6) is 0 Å². The molecule has 1 atom stereocenters. The minimum atomic E-state index is -0.944. The van der Waals surface area contributed by atoms with Gasteiger partial charge in [0.05, 0.1) is 13.2 Å². The van der Waals surface area contributed by atoms with E-state index in [0.29, 0.717) is 18.8 Å². The van der Waals surface area contributed by atoms with Gasteiger partial charge in [-0.3, -0.25) is 0 Å². The second-order valence-electron chi connectivity index (χ2n) is 3.16. The summed E-state index contributed by atoms with van der Waals surface area (Å²) < 4.78 is 9.86. The fourth-order valence-electron chi connectivity index (χ4n) is 1.36. The van der Waals surface area contributed by atoms with Crippen molar-refractivity contribution in [1.82, 2.24) is 0 Å². The molecule has 0 radical (unpaired) electrons. The molecule has 0 bridgehead atoms. The van der Waals surface area contributed by atoms with Crippen molar-refractivity contribution in [2.45, 2.75) is 13.2 Å². The predicted octanol–water partition coefficient (Wildman–Crippen LogP) is 0.383. The van der Waals surface area contributed by atoms with E-state index < -0.39 is 5.23 Å². The van der Waals surface area contributed by atoms with Crippen molar-refractivity contribution in [3.8, 4) is 0 Å². The van der Waals surface area contributed by atoms with Crippen molar-refractivity contribution < 1.29 is 19.9 Å². The van der Waals surface area contributed by atoms with Crippen molar-refractivity contribution in [1.29, 1.82) is 0 Å². The Morgan fingerprint density at radius 1 is 1.27 bits per heavy atom. The van der Waals surface area contributed by atoms with E-state index in [9.17, 15) is 5.21 Å². The quantitative estimate of drug-likeness (QED) is 0.694. The van der Waals surface area contributed by atoms with Crippen LogP contribution in [-0.2, 0) is 22.7 Å². The number of methoxy groups -OCH3 is 2. The lowest BCUT2D eigenvalue weighted by Crippen LogP contribution is -2.99. The Bertz CT molecular complexity index is 314. The Labute approximate surface area is 88.4 Å². The Morgan fingerprint density at radius 2 is 1.93 bits per heavy atom. The third-order valence-corrected chi connectivity index (χ3v) is 2.02. The molecular weight excluding hydrogens is 198 g/mol. The molecule has 0 saturated carbocycles. The molecule has 0 fully saturated rings. The molecule has 0 aliphatic rings. The SMILES string of the molecule is COCc1ccc(COC)c([NH+]([O-])O)c1. The maximum atomic E-state index is 11.0. The normalized spacial score (nSPS) is 12.8. The van der Waals surface area contributed by atoms with Crippen molar-refractivity contribution in [2.75, 3.05) is 14.2 Å². The summed E-state index contributed by atoms with van der Waals surface area (Å²) in [5, 5.41) is 19.0. The Hall–Kier alpha value is -0.980. The molecule has 15 heavy (non-hydrogen) atoms. The van der Waals surface area contributed by atoms with Gasteiger partial charge < -0.3 is 14.7 Å². The molecule has 1 unspecified atom stereocenters. The molecule has 1 rings (SSSR count). The molecular formula is C10H15NO4. The first-order valence-corrected chi connectivity index (χ1v) is 4.52. The van der Waals surface area contributed by atoms with E-state index in [0.717, 1.165) is 5.56 Å². The van der Waals surface area contributed by atoms with Crippen molar-refractivity contribution in [2.24, 2.45) is 0 Å². The zero-order chi connectivity index (χ0) is 11.3. The molecule has 0 heterocycles. The van der Waals surface area contributed by atoms with Crippen LogP contribution < -0.4 is 5.23 Å². The zero-order valence-electron chi connectivity index (χ0n) is 8.82. The Morgan fingerprint density at radius 3 is 2.47 bits per heavy atom. The van der Waals surface area contributed by atoms with Gasteiger partial charge in [0.15, 0.2) is 5.69 Å². The molecule has 1 aromatic rings. The lowest BCUT2D eigenvalue weighted by atomic mass is 10.1.